The summed E-state index contributed by atoms with van der Waals surface area (Å²) in [5.74, 6) is 0.517. The van der Waals surface area contributed by atoms with E-state index in [4.69, 9.17) is 4.74 Å². The van der Waals surface area contributed by atoms with E-state index in [1.807, 2.05) is 18.5 Å². The largest absolute Gasteiger partial charge is 0.456 e. The SMILES string of the molecule is Cn1cncc1C1(C)NC(=O)CCC2CCCN(C2)S(=O)(=O)c2cccc(c2)Oc2cc1ccc2C#N. The Morgan fingerprint density at radius 1 is 1.22 bits per heavy atom. The number of aromatic nitrogens is 2. The van der Waals surface area contributed by atoms with Crippen molar-refractivity contribution < 1.29 is 17.9 Å². The second-order valence-corrected chi connectivity index (χ2v) is 11.8. The molecule has 1 saturated heterocycles. The molecular weight excluding hydrogens is 490 g/mol. The number of nitrogens with zero attached hydrogens (tertiary/aromatic N) is 4. The van der Waals surface area contributed by atoms with Crippen molar-refractivity contribution in [3.05, 3.63) is 71.8 Å². The van der Waals surface area contributed by atoms with Crippen LogP contribution in [0.5, 0.6) is 11.5 Å². The molecule has 1 N–H and O–H groups in total. The number of aryl methyl sites for hydroxylation is 1. The first kappa shape index (κ1) is 25.0. The highest BCUT2D eigenvalue weighted by Crippen LogP contribution is 2.36. The molecule has 0 aliphatic carbocycles. The maximum Gasteiger partial charge on any atom is 0.243 e. The lowest BCUT2D eigenvalue weighted by atomic mass is 9.87. The van der Waals surface area contributed by atoms with Crippen LogP contribution >= 0.6 is 0 Å². The van der Waals surface area contributed by atoms with Crippen molar-refractivity contribution in [1.29, 1.82) is 5.26 Å². The van der Waals surface area contributed by atoms with E-state index in [0.717, 1.165) is 18.5 Å². The highest BCUT2D eigenvalue weighted by atomic mass is 32.2. The standard InChI is InChI=1S/C27H29N5O4S/c1-27(25-16-29-18-31(25)2)21-10-9-20(15-28)24(13-21)36-22-6-3-7-23(14-22)37(34,35)32-12-4-5-19(17-32)8-11-26(33)30-27/h3,6-7,9-10,13-14,16,18-19H,4-5,8,11-12,17H2,1-2H3,(H,30,33). The number of carbonyl (C=O) groups is 1. The summed E-state index contributed by atoms with van der Waals surface area (Å²) >= 11 is 0. The number of imidazole rings is 1. The molecule has 6 bridgehead atoms. The minimum Gasteiger partial charge on any atom is -0.456 e. The maximum atomic E-state index is 13.4. The van der Waals surface area contributed by atoms with Gasteiger partial charge in [-0.05, 0) is 61.9 Å². The predicted molar refractivity (Wildman–Crippen MR) is 136 cm³/mol. The molecule has 10 heteroatoms. The molecule has 3 unspecified atom stereocenters. The number of amides is 1. The lowest BCUT2D eigenvalue weighted by molar-refractivity contribution is -0.123. The van der Waals surface area contributed by atoms with Gasteiger partial charge in [-0.25, -0.2) is 13.4 Å². The van der Waals surface area contributed by atoms with Crippen LogP contribution in [0.2, 0.25) is 0 Å². The van der Waals surface area contributed by atoms with Gasteiger partial charge in [0.15, 0.2) is 0 Å². The van der Waals surface area contributed by atoms with Crippen LogP contribution < -0.4 is 10.1 Å². The van der Waals surface area contributed by atoms with Crippen LogP contribution in [0.1, 0.15) is 49.4 Å². The van der Waals surface area contributed by atoms with Gasteiger partial charge in [0.05, 0.1) is 28.7 Å². The van der Waals surface area contributed by atoms with E-state index >= 15 is 0 Å². The van der Waals surface area contributed by atoms with E-state index in [1.54, 1.807) is 48.9 Å². The van der Waals surface area contributed by atoms with Crippen LogP contribution in [0.3, 0.4) is 0 Å². The summed E-state index contributed by atoms with van der Waals surface area (Å²) in [4.78, 5) is 17.7. The third-order valence-corrected chi connectivity index (χ3v) is 9.19. The number of nitrogens with one attached hydrogen (secondary N) is 1. The molecule has 192 valence electrons. The molecule has 1 amide bonds. The van der Waals surface area contributed by atoms with Gasteiger partial charge in [0, 0.05) is 32.6 Å². The van der Waals surface area contributed by atoms with Crippen molar-refractivity contribution in [1.82, 2.24) is 19.2 Å². The average Bonchev–Trinajstić information content (AvgIpc) is 3.34. The summed E-state index contributed by atoms with van der Waals surface area (Å²) in [5, 5.41) is 12.9. The summed E-state index contributed by atoms with van der Waals surface area (Å²) in [6.07, 6.45) is 5.85. The number of ether oxygens (including phenoxy) is 1. The predicted octanol–water partition coefficient (Wildman–Crippen LogP) is 3.66. The molecule has 0 saturated carbocycles. The summed E-state index contributed by atoms with van der Waals surface area (Å²) < 4.78 is 36.3. The molecule has 37 heavy (non-hydrogen) atoms. The molecule has 3 atom stereocenters. The number of nitriles is 1. The zero-order chi connectivity index (χ0) is 26.2. The molecule has 0 radical (unpaired) electrons. The van der Waals surface area contributed by atoms with E-state index in [2.05, 4.69) is 16.4 Å². The Hall–Kier alpha value is -3.68. The molecule has 1 fully saturated rings. The number of hydrogen-bond acceptors (Lipinski definition) is 6. The van der Waals surface area contributed by atoms with E-state index < -0.39 is 15.6 Å². The Morgan fingerprint density at radius 3 is 2.81 bits per heavy atom. The molecule has 2 aliphatic heterocycles. The van der Waals surface area contributed by atoms with Crippen molar-refractivity contribution >= 4 is 15.9 Å². The molecule has 0 spiro atoms. The fourth-order valence-corrected chi connectivity index (χ4v) is 6.86. The van der Waals surface area contributed by atoms with Gasteiger partial charge in [-0.1, -0.05) is 12.1 Å². The van der Waals surface area contributed by atoms with Gasteiger partial charge in [0.25, 0.3) is 0 Å². The second kappa shape index (κ2) is 9.65. The quantitative estimate of drug-likeness (QED) is 0.524. The van der Waals surface area contributed by atoms with Gasteiger partial charge in [0.2, 0.25) is 15.9 Å². The van der Waals surface area contributed by atoms with Crippen molar-refractivity contribution in [3.8, 4) is 17.6 Å². The number of benzene rings is 2. The summed E-state index contributed by atoms with van der Waals surface area (Å²) in [6, 6.07) is 13.7. The highest BCUT2D eigenvalue weighted by molar-refractivity contribution is 7.89. The van der Waals surface area contributed by atoms with E-state index in [-0.39, 0.29) is 34.5 Å². The molecule has 5 rings (SSSR count). The number of fused-ring (bicyclic) bond motifs is 6. The smallest absolute Gasteiger partial charge is 0.243 e. The normalized spacial score (nSPS) is 25.4. The van der Waals surface area contributed by atoms with Crippen molar-refractivity contribution in [2.75, 3.05) is 13.1 Å². The molecule has 2 aliphatic rings. The number of carbonyl (C=O) groups excluding carboxylic acids is 1. The number of hydrogen-bond donors (Lipinski definition) is 1. The average molecular weight is 520 g/mol. The zero-order valence-corrected chi connectivity index (χ0v) is 21.7. The first-order valence-electron chi connectivity index (χ1n) is 12.3. The molecule has 3 aromatic rings. The van der Waals surface area contributed by atoms with Gasteiger partial charge < -0.3 is 14.6 Å². The number of sulfonamides is 1. The first-order chi connectivity index (χ1) is 17.7. The third kappa shape index (κ3) is 4.72. The summed E-state index contributed by atoms with van der Waals surface area (Å²) in [6.45, 7) is 2.72. The Labute approximate surface area is 216 Å². The Bertz CT molecular complexity index is 1490. The monoisotopic (exact) mass is 519 g/mol. The molecule has 2 aromatic carbocycles. The van der Waals surface area contributed by atoms with Gasteiger partial charge in [-0.3, -0.25) is 4.79 Å². The lowest BCUT2D eigenvalue weighted by Gasteiger charge is -2.34. The lowest BCUT2D eigenvalue weighted by Crippen LogP contribution is -2.46. The van der Waals surface area contributed by atoms with Gasteiger partial charge in [-0.15, -0.1) is 0 Å². The number of rotatable bonds is 1. The van der Waals surface area contributed by atoms with E-state index in [0.29, 0.717) is 30.8 Å². The van der Waals surface area contributed by atoms with Crippen LogP contribution in [0, 0.1) is 17.2 Å². The molecule has 9 nitrogen and oxygen atoms in total. The van der Waals surface area contributed by atoms with Crippen LogP contribution in [-0.4, -0.2) is 41.3 Å². The van der Waals surface area contributed by atoms with Gasteiger partial charge in [0.1, 0.15) is 23.1 Å². The first-order valence-corrected chi connectivity index (χ1v) is 13.8. The van der Waals surface area contributed by atoms with Crippen molar-refractivity contribution in [2.45, 2.75) is 43.0 Å². The Morgan fingerprint density at radius 2 is 2.05 bits per heavy atom. The third-order valence-electron chi connectivity index (χ3n) is 7.33. The summed E-state index contributed by atoms with van der Waals surface area (Å²) in [7, 11) is -1.87. The topological polar surface area (TPSA) is 117 Å². The number of piperidine rings is 1. The molecule has 1 aromatic heterocycles. The minimum atomic E-state index is -3.73. The van der Waals surface area contributed by atoms with Gasteiger partial charge >= 0.3 is 0 Å². The highest BCUT2D eigenvalue weighted by Gasteiger charge is 2.35. The van der Waals surface area contributed by atoms with Crippen molar-refractivity contribution in [2.24, 2.45) is 13.0 Å². The molecule has 3 heterocycles. The molecular formula is C27H29N5O4S. The van der Waals surface area contributed by atoms with Crippen LogP contribution in [0.4, 0.5) is 0 Å². The van der Waals surface area contributed by atoms with Gasteiger partial charge in [-0.2, -0.15) is 9.57 Å². The van der Waals surface area contributed by atoms with Crippen molar-refractivity contribution in [3.63, 3.8) is 0 Å². The van der Waals surface area contributed by atoms with Crippen LogP contribution in [0.15, 0.2) is 59.9 Å². The Balaban J connectivity index is 1.66. The van der Waals surface area contributed by atoms with E-state index in [1.165, 1.54) is 10.4 Å². The second-order valence-electron chi connectivity index (χ2n) is 9.87. The zero-order valence-electron chi connectivity index (χ0n) is 20.8. The fourth-order valence-electron chi connectivity index (χ4n) is 5.26. The van der Waals surface area contributed by atoms with Crippen LogP contribution in [0.25, 0.3) is 0 Å². The minimum absolute atomic E-state index is 0.0890. The van der Waals surface area contributed by atoms with Crippen LogP contribution in [-0.2, 0) is 27.4 Å². The maximum absolute atomic E-state index is 13.4. The summed E-state index contributed by atoms with van der Waals surface area (Å²) in [5.41, 5.74) is 0.818. The fraction of sp³-hybridized carbons (Fsp3) is 0.370. The Kier molecular flexibility index (Phi) is 6.52. The van der Waals surface area contributed by atoms with E-state index in [9.17, 15) is 18.5 Å².